The Hall–Kier alpha value is -3.22. The van der Waals surface area contributed by atoms with Crippen LogP contribution in [0.15, 0.2) is 35.3 Å². The molecule has 0 aliphatic carbocycles. The second-order valence-electron chi connectivity index (χ2n) is 7.88. The average Bonchev–Trinajstić information content (AvgIpc) is 2.96. The molecule has 0 radical (unpaired) electrons. The first-order valence-corrected chi connectivity index (χ1v) is 9.44. The molecular formula is C22H21FN2O4. The van der Waals surface area contributed by atoms with Crippen LogP contribution in [0.1, 0.15) is 47.8 Å². The molecule has 2 aromatic heterocycles. The summed E-state index contributed by atoms with van der Waals surface area (Å²) in [6.45, 7) is 6.09. The molecule has 1 aliphatic rings. The molecule has 1 aromatic carbocycles. The Labute approximate surface area is 166 Å². The van der Waals surface area contributed by atoms with E-state index in [0.717, 1.165) is 16.7 Å². The van der Waals surface area contributed by atoms with Gasteiger partial charge in [-0.25, -0.2) is 9.18 Å². The molecule has 0 fully saturated rings. The van der Waals surface area contributed by atoms with Crippen LogP contribution >= 0.6 is 0 Å². The fraction of sp³-hybridized carbons (Fsp3) is 0.318. The van der Waals surface area contributed by atoms with Gasteiger partial charge in [-0.3, -0.25) is 9.78 Å². The number of halogens is 1. The molecule has 3 aromatic rings. The van der Waals surface area contributed by atoms with Gasteiger partial charge in [-0.1, -0.05) is 26.0 Å². The van der Waals surface area contributed by atoms with Gasteiger partial charge in [0, 0.05) is 18.2 Å². The summed E-state index contributed by atoms with van der Waals surface area (Å²) in [6, 6.07) is 6.23. The van der Waals surface area contributed by atoms with Crippen LogP contribution in [0.2, 0.25) is 0 Å². The summed E-state index contributed by atoms with van der Waals surface area (Å²) >= 11 is 0. The van der Waals surface area contributed by atoms with Crippen molar-refractivity contribution in [2.24, 2.45) is 0 Å². The van der Waals surface area contributed by atoms with Crippen molar-refractivity contribution >= 4 is 17.0 Å². The molecule has 1 aliphatic heterocycles. The minimum absolute atomic E-state index is 0.0938. The van der Waals surface area contributed by atoms with E-state index in [1.54, 1.807) is 25.3 Å². The highest BCUT2D eigenvalue weighted by molar-refractivity contribution is 5.99. The van der Waals surface area contributed by atoms with E-state index < -0.39 is 22.7 Å². The summed E-state index contributed by atoms with van der Waals surface area (Å²) in [5.41, 5.74) is 2.05. The van der Waals surface area contributed by atoms with Crippen molar-refractivity contribution in [3.63, 3.8) is 0 Å². The van der Waals surface area contributed by atoms with Gasteiger partial charge in [0.2, 0.25) is 0 Å². The maximum Gasteiger partial charge on any atom is 0.347 e. The number of carbonyl (C=O) groups is 1. The van der Waals surface area contributed by atoms with E-state index in [2.05, 4.69) is 4.98 Å². The number of ether oxygens (including phenoxy) is 1. The van der Waals surface area contributed by atoms with E-state index in [1.165, 1.54) is 16.7 Å². The fourth-order valence-corrected chi connectivity index (χ4v) is 4.15. The van der Waals surface area contributed by atoms with Crippen LogP contribution in [0.25, 0.3) is 11.0 Å². The third-order valence-corrected chi connectivity index (χ3v) is 5.34. The van der Waals surface area contributed by atoms with Gasteiger partial charge in [-0.2, -0.15) is 0 Å². The van der Waals surface area contributed by atoms with Crippen molar-refractivity contribution in [1.29, 1.82) is 0 Å². The number of rotatable bonds is 4. The first kappa shape index (κ1) is 19.1. The molecule has 29 heavy (non-hydrogen) atoms. The Morgan fingerprint density at radius 2 is 2.00 bits per heavy atom. The number of esters is 1. The van der Waals surface area contributed by atoms with Crippen molar-refractivity contribution < 1.29 is 19.0 Å². The molecule has 150 valence electrons. The molecule has 1 N–H and O–H groups in total. The highest BCUT2D eigenvalue weighted by atomic mass is 19.1. The van der Waals surface area contributed by atoms with Gasteiger partial charge >= 0.3 is 5.97 Å². The van der Waals surface area contributed by atoms with Crippen molar-refractivity contribution in [2.45, 2.75) is 39.2 Å². The molecule has 0 saturated carbocycles. The average molecular weight is 396 g/mol. The SMILES string of the molecule is CCOC(=O)c1c(O)c2ncc(Cc3ccc(F)cc3)c3c2n(c1=O)CC3(C)C. The first-order valence-electron chi connectivity index (χ1n) is 9.44. The van der Waals surface area contributed by atoms with Crippen LogP contribution in [-0.4, -0.2) is 27.2 Å². The summed E-state index contributed by atoms with van der Waals surface area (Å²) in [7, 11) is 0. The Morgan fingerprint density at radius 1 is 1.31 bits per heavy atom. The predicted octanol–water partition coefficient (Wildman–Crippen LogP) is 3.30. The third kappa shape index (κ3) is 2.97. The maximum atomic E-state index is 13.2. The number of hydrogen-bond acceptors (Lipinski definition) is 5. The zero-order valence-electron chi connectivity index (χ0n) is 16.5. The molecule has 0 amide bonds. The van der Waals surface area contributed by atoms with Crippen LogP contribution in [-0.2, 0) is 23.1 Å². The zero-order chi connectivity index (χ0) is 20.9. The Morgan fingerprint density at radius 3 is 2.66 bits per heavy atom. The highest BCUT2D eigenvalue weighted by Crippen LogP contribution is 2.42. The van der Waals surface area contributed by atoms with E-state index in [1.807, 2.05) is 13.8 Å². The Kier molecular flexibility index (Phi) is 4.41. The van der Waals surface area contributed by atoms with E-state index in [0.29, 0.717) is 18.5 Å². The van der Waals surface area contributed by atoms with Crippen molar-refractivity contribution in [3.05, 3.63) is 68.9 Å². The van der Waals surface area contributed by atoms with E-state index >= 15 is 0 Å². The molecule has 0 bridgehead atoms. The van der Waals surface area contributed by atoms with Crippen LogP contribution in [0, 0.1) is 5.82 Å². The quantitative estimate of drug-likeness (QED) is 0.685. The third-order valence-electron chi connectivity index (χ3n) is 5.34. The second kappa shape index (κ2) is 6.69. The number of hydrogen-bond donors (Lipinski definition) is 1. The minimum Gasteiger partial charge on any atom is -0.505 e. The normalized spacial score (nSPS) is 14.3. The lowest BCUT2D eigenvalue weighted by atomic mass is 9.82. The van der Waals surface area contributed by atoms with Gasteiger partial charge in [-0.15, -0.1) is 0 Å². The Balaban J connectivity index is 1.96. The number of aromatic hydroxyl groups is 1. The van der Waals surface area contributed by atoms with E-state index in [9.17, 15) is 19.1 Å². The Bertz CT molecular complexity index is 1200. The molecule has 4 rings (SSSR count). The number of pyridine rings is 2. The number of benzene rings is 1. The number of aromatic nitrogens is 2. The monoisotopic (exact) mass is 396 g/mol. The lowest BCUT2D eigenvalue weighted by molar-refractivity contribution is 0.0520. The van der Waals surface area contributed by atoms with Crippen molar-refractivity contribution in [1.82, 2.24) is 9.55 Å². The smallest absolute Gasteiger partial charge is 0.347 e. The van der Waals surface area contributed by atoms with Gasteiger partial charge in [0.1, 0.15) is 11.3 Å². The molecular weight excluding hydrogens is 375 g/mol. The lowest BCUT2D eigenvalue weighted by Crippen LogP contribution is -2.29. The lowest BCUT2D eigenvalue weighted by Gasteiger charge is -2.21. The van der Waals surface area contributed by atoms with E-state index in [4.69, 9.17) is 4.74 Å². The number of carbonyl (C=O) groups excluding carboxylic acids is 1. The zero-order valence-corrected chi connectivity index (χ0v) is 16.5. The fourth-order valence-electron chi connectivity index (χ4n) is 4.15. The van der Waals surface area contributed by atoms with Gasteiger partial charge in [0.05, 0.1) is 12.1 Å². The molecule has 3 heterocycles. The molecule has 6 nitrogen and oxygen atoms in total. The van der Waals surface area contributed by atoms with E-state index in [-0.39, 0.29) is 23.5 Å². The van der Waals surface area contributed by atoms with Crippen molar-refractivity contribution in [2.75, 3.05) is 6.61 Å². The van der Waals surface area contributed by atoms with Crippen LogP contribution in [0.4, 0.5) is 4.39 Å². The largest absolute Gasteiger partial charge is 0.505 e. The van der Waals surface area contributed by atoms with Crippen LogP contribution in [0.3, 0.4) is 0 Å². The molecule has 0 atom stereocenters. The molecule has 0 unspecified atom stereocenters. The summed E-state index contributed by atoms with van der Waals surface area (Å²) in [6.07, 6.45) is 2.16. The molecule has 7 heteroatoms. The van der Waals surface area contributed by atoms with Gasteiger partial charge < -0.3 is 14.4 Å². The van der Waals surface area contributed by atoms with Gasteiger partial charge in [-0.05, 0) is 42.2 Å². The molecule has 0 saturated heterocycles. The van der Waals surface area contributed by atoms with Crippen LogP contribution in [0.5, 0.6) is 5.75 Å². The summed E-state index contributed by atoms with van der Waals surface area (Å²) in [5, 5.41) is 10.7. The highest BCUT2D eigenvalue weighted by Gasteiger charge is 2.38. The summed E-state index contributed by atoms with van der Waals surface area (Å²) in [5.74, 6) is -1.61. The van der Waals surface area contributed by atoms with Crippen molar-refractivity contribution in [3.8, 4) is 5.75 Å². The summed E-state index contributed by atoms with van der Waals surface area (Å²) in [4.78, 5) is 29.6. The predicted molar refractivity (Wildman–Crippen MR) is 106 cm³/mol. The van der Waals surface area contributed by atoms with Gasteiger partial charge in [0.15, 0.2) is 11.3 Å². The van der Waals surface area contributed by atoms with Gasteiger partial charge in [0.25, 0.3) is 5.56 Å². The molecule has 0 spiro atoms. The number of nitrogens with zero attached hydrogens (tertiary/aromatic N) is 2. The summed E-state index contributed by atoms with van der Waals surface area (Å²) < 4.78 is 19.7. The van der Waals surface area contributed by atoms with Crippen LogP contribution < -0.4 is 5.56 Å². The first-order chi connectivity index (χ1) is 13.7. The minimum atomic E-state index is -0.857. The second-order valence-corrected chi connectivity index (χ2v) is 7.88. The topological polar surface area (TPSA) is 81.4 Å². The standard InChI is InChI=1S/C22H21FN2O4/c1-4-29-21(28)15-19(26)17-18-16(22(2,3)11-25(18)20(15)27)13(10-24-17)9-12-5-7-14(23)8-6-12/h5-8,10,26H,4,9,11H2,1-3H3. The maximum absolute atomic E-state index is 13.2.